The number of pyridine rings is 1. The number of aryl methyl sites for hydroxylation is 1. The number of fused-ring (bicyclic) bond motifs is 3. The van der Waals surface area contributed by atoms with Gasteiger partial charge in [0.15, 0.2) is 0 Å². The zero-order valence-electron chi connectivity index (χ0n) is 13.7. The van der Waals surface area contributed by atoms with E-state index in [0.717, 1.165) is 35.4 Å². The van der Waals surface area contributed by atoms with Crippen molar-refractivity contribution in [3.05, 3.63) is 52.8 Å². The summed E-state index contributed by atoms with van der Waals surface area (Å²) in [6, 6.07) is 12.7. The molecule has 126 valence electrons. The first kappa shape index (κ1) is 16.5. The Kier molecular flexibility index (Phi) is 4.32. The summed E-state index contributed by atoms with van der Waals surface area (Å²) in [6.45, 7) is 2.73. The molecule has 0 saturated heterocycles. The Hall–Kier alpha value is -2.34. The van der Waals surface area contributed by atoms with Crippen molar-refractivity contribution in [2.45, 2.75) is 26.3 Å². The van der Waals surface area contributed by atoms with Gasteiger partial charge in [0, 0.05) is 23.0 Å². The number of aromatic nitrogens is 1. The number of hydrogen-bond acceptors (Lipinski definition) is 3. The van der Waals surface area contributed by atoms with E-state index in [4.69, 9.17) is 0 Å². The van der Waals surface area contributed by atoms with Crippen molar-refractivity contribution in [1.29, 1.82) is 0 Å². The molecule has 6 heteroatoms. The Morgan fingerprint density at radius 1 is 1.04 bits per heavy atom. The molecule has 0 aliphatic carbocycles. The quantitative estimate of drug-likeness (QED) is 0.722. The van der Waals surface area contributed by atoms with E-state index in [1.165, 1.54) is 0 Å². The molecule has 1 heterocycles. The van der Waals surface area contributed by atoms with Crippen LogP contribution in [0.4, 0.5) is 5.69 Å². The number of anilines is 1. The van der Waals surface area contributed by atoms with Crippen LogP contribution >= 0.6 is 0 Å². The van der Waals surface area contributed by atoms with E-state index in [2.05, 4.69) is 11.6 Å². The van der Waals surface area contributed by atoms with Crippen LogP contribution < -0.4 is 10.3 Å². The molecule has 0 atom stereocenters. The van der Waals surface area contributed by atoms with Gasteiger partial charge in [-0.05, 0) is 36.1 Å². The summed E-state index contributed by atoms with van der Waals surface area (Å²) in [5.41, 5.74) is 1.32. The minimum absolute atomic E-state index is 0.00428. The second-order valence-electron chi connectivity index (χ2n) is 5.96. The molecule has 0 fully saturated rings. The van der Waals surface area contributed by atoms with Gasteiger partial charge in [-0.3, -0.25) is 9.52 Å². The zero-order chi connectivity index (χ0) is 17.3. The molecule has 0 unspecified atom stereocenters. The van der Waals surface area contributed by atoms with Crippen molar-refractivity contribution in [2.24, 2.45) is 0 Å². The number of nitrogens with one attached hydrogen (secondary N) is 1. The predicted molar refractivity (Wildman–Crippen MR) is 99.1 cm³/mol. The highest BCUT2D eigenvalue weighted by molar-refractivity contribution is 7.92. The summed E-state index contributed by atoms with van der Waals surface area (Å²) in [5.74, 6) is 0. The molecular weight excluding hydrogens is 324 g/mol. The van der Waals surface area contributed by atoms with E-state index in [9.17, 15) is 13.2 Å². The highest BCUT2D eigenvalue weighted by Gasteiger charge is 2.12. The SMILES string of the molecule is CCCCn1c(=O)c2ccccc2c2cc(NS(C)(=O)=O)ccc21. The first-order valence-electron chi connectivity index (χ1n) is 7.94. The Bertz CT molecular complexity index is 1070. The largest absolute Gasteiger partial charge is 0.308 e. The van der Waals surface area contributed by atoms with E-state index < -0.39 is 10.0 Å². The molecule has 3 rings (SSSR count). The molecule has 0 spiro atoms. The summed E-state index contributed by atoms with van der Waals surface area (Å²) >= 11 is 0. The molecule has 5 nitrogen and oxygen atoms in total. The lowest BCUT2D eigenvalue weighted by atomic mass is 10.1. The summed E-state index contributed by atoms with van der Waals surface area (Å²) in [7, 11) is -3.35. The molecule has 0 aliphatic rings. The van der Waals surface area contributed by atoms with Crippen LogP contribution in [0.5, 0.6) is 0 Å². The lowest BCUT2D eigenvalue weighted by Crippen LogP contribution is -2.21. The maximum Gasteiger partial charge on any atom is 0.258 e. The summed E-state index contributed by atoms with van der Waals surface area (Å²) in [5, 5.41) is 2.36. The average Bonchev–Trinajstić information content (AvgIpc) is 2.54. The highest BCUT2D eigenvalue weighted by Crippen LogP contribution is 2.26. The number of nitrogens with zero attached hydrogens (tertiary/aromatic N) is 1. The minimum Gasteiger partial charge on any atom is -0.308 e. The van der Waals surface area contributed by atoms with Gasteiger partial charge in [-0.1, -0.05) is 31.5 Å². The lowest BCUT2D eigenvalue weighted by molar-refractivity contribution is 0.607. The first-order valence-corrected chi connectivity index (χ1v) is 9.83. The number of hydrogen-bond donors (Lipinski definition) is 1. The maximum atomic E-state index is 12.8. The molecule has 0 aliphatic heterocycles. The van der Waals surface area contributed by atoms with Crippen LogP contribution in [0.3, 0.4) is 0 Å². The van der Waals surface area contributed by atoms with Crippen LogP contribution in [0.15, 0.2) is 47.3 Å². The Labute approximate surface area is 141 Å². The van der Waals surface area contributed by atoms with Crippen molar-refractivity contribution < 1.29 is 8.42 Å². The van der Waals surface area contributed by atoms with Crippen molar-refractivity contribution in [3.63, 3.8) is 0 Å². The van der Waals surface area contributed by atoms with Crippen molar-refractivity contribution in [2.75, 3.05) is 11.0 Å². The maximum absolute atomic E-state index is 12.8. The summed E-state index contributed by atoms with van der Waals surface area (Å²) in [4.78, 5) is 12.8. The van der Waals surface area contributed by atoms with Crippen LogP contribution in [0.2, 0.25) is 0 Å². The Morgan fingerprint density at radius 2 is 1.75 bits per heavy atom. The summed E-state index contributed by atoms with van der Waals surface area (Å²) < 4.78 is 27.3. The Balaban J connectivity index is 2.34. The van der Waals surface area contributed by atoms with Crippen LogP contribution in [0, 0.1) is 0 Å². The molecule has 0 amide bonds. The molecule has 1 N–H and O–H groups in total. The topological polar surface area (TPSA) is 68.2 Å². The number of sulfonamides is 1. The van der Waals surface area contributed by atoms with Crippen molar-refractivity contribution in [3.8, 4) is 0 Å². The second kappa shape index (κ2) is 6.28. The van der Waals surface area contributed by atoms with Gasteiger partial charge in [0.25, 0.3) is 5.56 Å². The molecule has 0 bridgehead atoms. The van der Waals surface area contributed by atoms with E-state index in [1.807, 2.05) is 30.3 Å². The van der Waals surface area contributed by atoms with Crippen molar-refractivity contribution >= 4 is 37.4 Å². The van der Waals surface area contributed by atoms with Gasteiger partial charge in [0.1, 0.15) is 0 Å². The predicted octanol–water partition coefficient (Wildman–Crippen LogP) is 3.33. The van der Waals surface area contributed by atoms with Crippen molar-refractivity contribution in [1.82, 2.24) is 4.57 Å². The zero-order valence-corrected chi connectivity index (χ0v) is 14.6. The number of rotatable bonds is 5. The van der Waals surface area contributed by atoms with Gasteiger partial charge in [0.2, 0.25) is 10.0 Å². The normalized spacial score (nSPS) is 11.9. The van der Waals surface area contributed by atoms with Crippen LogP contribution in [-0.4, -0.2) is 19.2 Å². The van der Waals surface area contributed by atoms with E-state index in [1.54, 1.807) is 16.7 Å². The highest BCUT2D eigenvalue weighted by atomic mass is 32.2. The first-order chi connectivity index (χ1) is 11.4. The molecule has 1 aromatic heterocycles. The second-order valence-corrected chi connectivity index (χ2v) is 7.71. The fraction of sp³-hybridized carbons (Fsp3) is 0.278. The van der Waals surface area contributed by atoms with Gasteiger partial charge in [-0.15, -0.1) is 0 Å². The van der Waals surface area contributed by atoms with E-state index in [0.29, 0.717) is 17.6 Å². The standard InChI is InChI=1S/C18H20N2O3S/c1-3-4-11-20-17-10-9-13(19-24(2,22)23)12-16(17)14-7-5-6-8-15(14)18(20)21/h5-10,12,19H,3-4,11H2,1-2H3. The van der Waals surface area contributed by atoms with Crippen LogP contribution in [0.25, 0.3) is 21.7 Å². The molecular formula is C18H20N2O3S. The third-order valence-electron chi connectivity index (χ3n) is 4.02. The monoisotopic (exact) mass is 344 g/mol. The summed E-state index contributed by atoms with van der Waals surface area (Å²) in [6.07, 6.45) is 3.03. The van der Waals surface area contributed by atoms with E-state index in [-0.39, 0.29) is 5.56 Å². The number of unbranched alkanes of at least 4 members (excludes halogenated alkanes) is 1. The molecule has 0 radical (unpaired) electrons. The van der Waals surface area contributed by atoms with Gasteiger partial charge in [-0.2, -0.15) is 0 Å². The van der Waals surface area contributed by atoms with Gasteiger partial charge in [0.05, 0.1) is 11.8 Å². The molecule has 2 aromatic carbocycles. The van der Waals surface area contributed by atoms with Crippen LogP contribution in [0.1, 0.15) is 19.8 Å². The van der Waals surface area contributed by atoms with Gasteiger partial charge in [-0.25, -0.2) is 8.42 Å². The fourth-order valence-corrected chi connectivity index (χ4v) is 3.52. The van der Waals surface area contributed by atoms with Crippen LogP contribution in [-0.2, 0) is 16.6 Å². The molecule has 24 heavy (non-hydrogen) atoms. The number of benzene rings is 2. The third kappa shape index (κ3) is 3.14. The van der Waals surface area contributed by atoms with Gasteiger partial charge < -0.3 is 4.57 Å². The smallest absolute Gasteiger partial charge is 0.258 e. The fourth-order valence-electron chi connectivity index (χ4n) is 2.96. The van der Waals surface area contributed by atoms with Gasteiger partial charge >= 0.3 is 0 Å². The molecule has 3 aromatic rings. The third-order valence-corrected chi connectivity index (χ3v) is 4.63. The van der Waals surface area contributed by atoms with E-state index >= 15 is 0 Å². The Morgan fingerprint density at radius 3 is 2.42 bits per heavy atom. The lowest BCUT2D eigenvalue weighted by Gasteiger charge is -2.14. The average molecular weight is 344 g/mol. The minimum atomic E-state index is -3.35. The molecule has 0 saturated carbocycles.